The Kier molecular flexibility index (Phi) is 5.25. The van der Waals surface area contributed by atoms with Crippen LogP contribution in [0.15, 0.2) is 54.6 Å². The highest BCUT2D eigenvalue weighted by Gasteiger charge is 2.21. The van der Waals surface area contributed by atoms with Gasteiger partial charge in [-0.05, 0) is 25.1 Å². The number of nitrogens with one attached hydrogen (secondary N) is 1. The Hall–Kier alpha value is -2.69. The predicted molar refractivity (Wildman–Crippen MR) is 82.7 cm³/mol. The summed E-state index contributed by atoms with van der Waals surface area (Å²) in [4.78, 5) is 25.5. The lowest BCUT2D eigenvalue weighted by molar-refractivity contribution is -0.137. The summed E-state index contributed by atoms with van der Waals surface area (Å²) in [5, 5.41) is 2.45. The summed E-state index contributed by atoms with van der Waals surface area (Å²) in [6.07, 6.45) is 0. The van der Waals surface area contributed by atoms with E-state index in [1.165, 1.54) is 11.0 Å². The van der Waals surface area contributed by atoms with Gasteiger partial charge in [-0.25, -0.2) is 4.39 Å². The minimum absolute atomic E-state index is 0.0242. The van der Waals surface area contributed by atoms with E-state index in [0.717, 1.165) is 0 Å². The first-order valence-corrected chi connectivity index (χ1v) is 7.01. The number of halogens is 1. The molecular weight excluding hydrogens is 283 g/mol. The third kappa shape index (κ3) is 3.69. The molecule has 22 heavy (non-hydrogen) atoms. The number of hydrogen-bond acceptors (Lipinski definition) is 2. The molecule has 0 aliphatic rings. The van der Waals surface area contributed by atoms with Gasteiger partial charge in [0.15, 0.2) is 0 Å². The van der Waals surface area contributed by atoms with Crippen LogP contribution >= 0.6 is 0 Å². The normalized spacial score (nSPS) is 10.1. The van der Waals surface area contributed by atoms with E-state index >= 15 is 0 Å². The average Bonchev–Trinajstić information content (AvgIpc) is 2.55. The molecule has 0 unspecified atom stereocenters. The van der Waals surface area contributed by atoms with Crippen LogP contribution in [0.2, 0.25) is 0 Å². The van der Waals surface area contributed by atoms with Crippen LogP contribution < -0.4 is 10.2 Å². The van der Waals surface area contributed by atoms with E-state index in [0.29, 0.717) is 17.8 Å². The van der Waals surface area contributed by atoms with E-state index in [2.05, 4.69) is 5.32 Å². The van der Waals surface area contributed by atoms with E-state index in [9.17, 15) is 14.0 Å². The molecule has 0 radical (unpaired) electrons. The molecule has 0 aliphatic carbocycles. The number of amides is 2. The van der Waals surface area contributed by atoms with Crippen molar-refractivity contribution in [3.8, 4) is 0 Å². The summed E-state index contributed by atoms with van der Waals surface area (Å²) in [6.45, 7) is 2.13. The highest BCUT2D eigenvalue weighted by molar-refractivity contribution is 6.40. The molecule has 0 fully saturated rings. The zero-order valence-electron chi connectivity index (χ0n) is 12.3. The van der Waals surface area contributed by atoms with Gasteiger partial charge in [0.05, 0.1) is 0 Å². The van der Waals surface area contributed by atoms with Crippen molar-refractivity contribution in [3.05, 3.63) is 66.0 Å². The number of nitrogens with zero attached hydrogens (tertiary/aromatic N) is 1. The molecule has 0 saturated heterocycles. The molecule has 0 spiro atoms. The van der Waals surface area contributed by atoms with Crippen LogP contribution in [0.1, 0.15) is 12.5 Å². The minimum atomic E-state index is -0.756. The Balaban J connectivity index is 2.02. The molecule has 2 aromatic carbocycles. The van der Waals surface area contributed by atoms with Gasteiger partial charge in [0, 0.05) is 24.3 Å². The van der Waals surface area contributed by atoms with Crippen LogP contribution in [-0.2, 0) is 16.1 Å². The fraction of sp³-hybridized carbons (Fsp3) is 0.176. The molecule has 4 nitrogen and oxygen atoms in total. The number of anilines is 1. The summed E-state index contributed by atoms with van der Waals surface area (Å²) in [5.41, 5.74) is 0.988. The molecule has 2 rings (SSSR count). The number of hydrogen-bond donors (Lipinski definition) is 1. The van der Waals surface area contributed by atoms with Gasteiger partial charge in [0.1, 0.15) is 5.82 Å². The van der Waals surface area contributed by atoms with Crippen molar-refractivity contribution in [2.45, 2.75) is 13.5 Å². The van der Waals surface area contributed by atoms with Crippen molar-refractivity contribution in [2.24, 2.45) is 0 Å². The van der Waals surface area contributed by atoms with Crippen molar-refractivity contribution in [1.29, 1.82) is 0 Å². The van der Waals surface area contributed by atoms with Crippen LogP contribution in [-0.4, -0.2) is 18.4 Å². The topological polar surface area (TPSA) is 49.4 Å². The molecule has 114 valence electrons. The summed E-state index contributed by atoms with van der Waals surface area (Å²) in [6, 6.07) is 15.1. The fourth-order valence-electron chi connectivity index (χ4n) is 2.07. The Morgan fingerprint density at radius 3 is 2.32 bits per heavy atom. The predicted octanol–water partition coefficient (Wildman–Crippen LogP) is 2.50. The van der Waals surface area contributed by atoms with Gasteiger partial charge in [0.25, 0.3) is 0 Å². The van der Waals surface area contributed by atoms with Crippen molar-refractivity contribution in [2.75, 3.05) is 11.4 Å². The summed E-state index contributed by atoms with van der Waals surface area (Å²) in [7, 11) is 0. The molecule has 0 saturated carbocycles. The van der Waals surface area contributed by atoms with Crippen LogP contribution in [0.3, 0.4) is 0 Å². The second-order valence-corrected chi connectivity index (χ2v) is 4.66. The molecule has 2 aromatic rings. The lowest BCUT2D eigenvalue weighted by atomic mass is 10.2. The first-order chi connectivity index (χ1) is 10.6. The van der Waals surface area contributed by atoms with Gasteiger partial charge < -0.3 is 10.2 Å². The lowest BCUT2D eigenvalue weighted by Crippen LogP contribution is -2.43. The van der Waals surface area contributed by atoms with Crippen LogP contribution in [0.5, 0.6) is 0 Å². The standard InChI is InChI=1S/C17H17FN2O2/c1-2-20(14-9-4-3-5-10-14)17(22)16(21)19-12-13-8-6-7-11-15(13)18/h3-11H,2,12H2,1H3,(H,19,21). The smallest absolute Gasteiger partial charge is 0.316 e. The minimum Gasteiger partial charge on any atom is -0.344 e. The highest BCUT2D eigenvalue weighted by atomic mass is 19.1. The fourth-order valence-corrected chi connectivity index (χ4v) is 2.07. The molecule has 0 aromatic heterocycles. The number of benzene rings is 2. The van der Waals surface area contributed by atoms with E-state index in [1.807, 2.05) is 6.07 Å². The number of likely N-dealkylation sites (N-methyl/N-ethyl adjacent to an activating group) is 1. The molecule has 1 N–H and O–H groups in total. The van der Waals surface area contributed by atoms with E-state index in [1.54, 1.807) is 49.4 Å². The maximum Gasteiger partial charge on any atom is 0.316 e. The Morgan fingerprint density at radius 1 is 1.05 bits per heavy atom. The Labute approximate surface area is 128 Å². The van der Waals surface area contributed by atoms with E-state index in [4.69, 9.17) is 0 Å². The zero-order valence-corrected chi connectivity index (χ0v) is 12.3. The summed E-state index contributed by atoms with van der Waals surface area (Å²) < 4.78 is 13.5. The monoisotopic (exact) mass is 300 g/mol. The lowest BCUT2D eigenvalue weighted by Gasteiger charge is -2.20. The maximum atomic E-state index is 13.5. The SMILES string of the molecule is CCN(C(=O)C(=O)NCc1ccccc1F)c1ccccc1. The number of para-hydroxylation sites is 1. The first-order valence-electron chi connectivity index (χ1n) is 7.01. The van der Waals surface area contributed by atoms with Gasteiger partial charge >= 0.3 is 11.8 Å². The summed E-state index contributed by atoms with van der Waals surface area (Å²) in [5.74, 6) is -1.83. The second kappa shape index (κ2) is 7.36. The van der Waals surface area contributed by atoms with Crippen LogP contribution in [0.25, 0.3) is 0 Å². The Bertz CT molecular complexity index is 659. The Morgan fingerprint density at radius 2 is 1.68 bits per heavy atom. The molecular formula is C17H17FN2O2. The first kappa shape index (κ1) is 15.7. The van der Waals surface area contributed by atoms with E-state index in [-0.39, 0.29) is 6.54 Å². The van der Waals surface area contributed by atoms with Gasteiger partial charge in [-0.2, -0.15) is 0 Å². The largest absolute Gasteiger partial charge is 0.344 e. The zero-order chi connectivity index (χ0) is 15.9. The molecule has 0 aliphatic heterocycles. The number of rotatable bonds is 4. The van der Waals surface area contributed by atoms with Crippen LogP contribution in [0, 0.1) is 5.82 Å². The third-order valence-corrected chi connectivity index (χ3v) is 3.22. The van der Waals surface area contributed by atoms with Gasteiger partial charge in [-0.1, -0.05) is 36.4 Å². The van der Waals surface area contributed by atoms with Crippen LogP contribution in [0.4, 0.5) is 10.1 Å². The number of carbonyl (C=O) groups excluding carboxylic acids is 2. The summed E-state index contributed by atoms with van der Waals surface area (Å²) >= 11 is 0. The second-order valence-electron chi connectivity index (χ2n) is 4.66. The maximum absolute atomic E-state index is 13.5. The third-order valence-electron chi connectivity index (χ3n) is 3.22. The van der Waals surface area contributed by atoms with Crippen molar-refractivity contribution >= 4 is 17.5 Å². The molecule has 2 amide bonds. The quantitative estimate of drug-likeness (QED) is 0.882. The van der Waals surface area contributed by atoms with Gasteiger partial charge in [0.2, 0.25) is 0 Å². The molecule has 0 heterocycles. The molecule has 0 atom stereocenters. The molecule has 5 heteroatoms. The van der Waals surface area contributed by atoms with Crippen molar-refractivity contribution < 1.29 is 14.0 Å². The van der Waals surface area contributed by atoms with Gasteiger partial charge in [-0.15, -0.1) is 0 Å². The number of carbonyl (C=O) groups is 2. The van der Waals surface area contributed by atoms with Crippen molar-refractivity contribution in [1.82, 2.24) is 5.32 Å². The molecule has 0 bridgehead atoms. The van der Waals surface area contributed by atoms with Crippen molar-refractivity contribution in [3.63, 3.8) is 0 Å². The average molecular weight is 300 g/mol. The highest BCUT2D eigenvalue weighted by Crippen LogP contribution is 2.13. The van der Waals surface area contributed by atoms with Gasteiger partial charge in [-0.3, -0.25) is 9.59 Å². The van der Waals surface area contributed by atoms with E-state index < -0.39 is 17.6 Å².